The zero-order valence-electron chi connectivity index (χ0n) is 13.0. The van der Waals surface area contributed by atoms with Crippen molar-refractivity contribution < 1.29 is 14.6 Å². The zero-order chi connectivity index (χ0) is 14.8. The minimum atomic E-state index is -0.592. The van der Waals surface area contributed by atoms with E-state index >= 15 is 0 Å². The quantitative estimate of drug-likeness (QED) is 0.919. The average Bonchev–Trinajstić information content (AvgIpc) is 2.43. The standard InChI is InChI=1S/C17H26O3/c1-5-20-17(6-8-19-9-7-17)16(18)15-11-13(3)12(2)10-14(15)4/h10-11,16,18H,5-9H2,1-4H3. The van der Waals surface area contributed by atoms with Crippen LogP contribution in [0.15, 0.2) is 12.1 Å². The van der Waals surface area contributed by atoms with Gasteiger partial charge in [-0.25, -0.2) is 0 Å². The minimum Gasteiger partial charge on any atom is -0.385 e. The van der Waals surface area contributed by atoms with E-state index in [1.54, 1.807) is 0 Å². The second kappa shape index (κ2) is 6.25. The van der Waals surface area contributed by atoms with E-state index in [0.29, 0.717) is 19.8 Å². The van der Waals surface area contributed by atoms with E-state index in [-0.39, 0.29) is 0 Å². The largest absolute Gasteiger partial charge is 0.385 e. The first kappa shape index (κ1) is 15.5. The molecule has 1 heterocycles. The number of aryl methyl sites for hydroxylation is 3. The highest BCUT2D eigenvalue weighted by molar-refractivity contribution is 5.38. The van der Waals surface area contributed by atoms with Crippen molar-refractivity contribution in [2.75, 3.05) is 19.8 Å². The normalized spacial score (nSPS) is 19.9. The average molecular weight is 278 g/mol. The van der Waals surface area contributed by atoms with Gasteiger partial charge in [-0.2, -0.15) is 0 Å². The molecule has 1 aliphatic heterocycles. The van der Waals surface area contributed by atoms with E-state index in [4.69, 9.17) is 9.47 Å². The summed E-state index contributed by atoms with van der Waals surface area (Å²) in [7, 11) is 0. The summed E-state index contributed by atoms with van der Waals surface area (Å²) >= 11 is 0. The van der Waals surface area contributed by atoms with Gasteiger partial charge in [-0.05, 0) is 49.9 Å². The predicted octanol–water partition coefficient (Wildman–Crippen LogP) is 3.23. The van der Waals surface area contributed by atoms with E-state index in [2.05, 4.69) is 32.9 Å². The summed E-state index contributed by atoms with van der Waals surface area (Å²) in [6.45, 7) is 10.2. The molecule has 1 aliphatic rings. The van der Waals surface area contributed by atoms with Crippen LogP contribution in [-0.4, -0.2) is 30.5 Å². The van der Waals surface area contributed by atoms with Gasteiger partial charge in [0.05, 0.1) is 0 Å². The number of benzene rings is 1. The molecule has 3 heteroatoms. The third kappa shape index (κ3) is 2.90. The van der Waals surface area contributed by atoms with Crippen molar-refractivity contribution in [3.63, 3.8) is 0 Å². The Morgan fingerprint density at radius 3 is 2.35 bits per heavy atom. The maximum atomic E-state index is 10.9. The fourth-order valence-corrected chi connectivity index (χ4v) is 3.06. The van der Waals surface area contributed by atoms with Crippen molar-refractivity contribution in [2.24, 2.45) is 0 Å². The molecule has 0 radical (unpaired) electrons. The van der Waals surface area contributed by atoms with Crippen LogP contribution >= 0.6 is 0 Å². The Morgan fingerprint density at radius 1 is 1.15 bits per heavy atom. The van der Waals surface area contributed by atoms with Gasteiger partial charge >= 0.3 is 0 Å². The topological polar surface area (TPSA) is 38.7 Å². The summed E-state index contributed by atoms with van der Waals surface area (Å²) in [5.74, 6) is 0. The fourth-order valence-electron chi connectivity index (χ4n) is 3.06. The van der Waals surface area contributed by atoms with Crippen LogP contribution in [0.4, 0.5) is 0 Å². The number of aliphatic hydroxyl groups excluding tert-OH is 1. The molecule has 2 rings (SSSR count). The van der Waals surface area contributed by atoms with Gasteiger partial charge in [0.1, 0.15) is 11.7 Å². The summed E-state index contributed by atoms with van der Waals surface area (Å²) in [4.78, 5) is 0. The number of aliphatic hydroxyl groups is 1. The van der Waals surface area contributed by atoms with Crippen LogP contribution in [0.25, 0.3) is 0 Å². The first-order chi connectivity index (χ1) is 9.50. The van der Waals surface area contributed by atoms with Gasteiger partial charge in [-0.1, -0.05) is 12.1 Å². The van der Waals surface area contributed by atoms with Crippen LogP contribution in [-0.2, 0) is 9.47 Å². The summed E-state index contributed by atoms with van der Waals surface area (Å²) in [6, 6.07) is 4.25. The fraction of sp³-hybridized carbons (Fsp3) is 0.647. The molecule has 0 amide bonds. The molecule has 0 aromatic heterocycles. The van der Waals surface area contributed by atoms with E-state index in [9.17, 15) is 5.11 Å². The second-order valence-electron chi connectivity index (χ2n) is 5.81. The molecular weight excluding hydrogens is 252 g/mol. The Kier molecular flexibility index (Phi) is 4.84. The molecule has 1 fully saturated rings. The van der Waals surface area contributed by atoms with Gasteiger partial charge < -0.3 is 14.6 Å². The van der Waals surface area contributed by atoms with Gasteiger partial charge in [0.2, 0.25) is 0 Å². The maximum Gasteiger partial charge on any atom is 0.108 e. The van der Waals surface area contributed by atoms with Crippen LogP contribution in [0.5, 0.6) is 0 Å². The molecule has 0 aliphatic carbocycles. The van der Waals surface area contributed by atoms with Gasteiger partial charge in [-0.3, -0.25) is 0 Å². The third-order valence-electron chi connectivity index (χ3n) is 4.45. The first-order valence-corrected chi connectivity index (χ1v) is 7.47. The summed E-state index contributed by atoms with van der Waals surface area (Å²) in [5, 5.41) is 10.9. The highest BCUT2D eigenvalue weighted by atomic mass is 16.5. The third-order valence-corrected chi connectivity index (χ3v) is 4.45. The lowest BCUT2D eigenvalue weighted by Gasteiger charge is -2.41. The molecule has 0 saturated carbocycles. The molecule has 1 atom stereocenters. The summed E-state index contributed by atoms with van der Waals surface area (Å²) in [5.41, 5.74) is 4.09. The lowest BCUT2D eigenvalue weighted by molar-refractivity contribution is -0.168. The second-order valence-corrected chi connectivity index (χ2v) is 5.81. The lowest BCUT2D eigenvalue weighted by atomic mass is 9.82. The van der Waals surface area contributed by atoms with Crippen LogP contribution < -0.4 is 0 Å². The van der Waals surface area contributed by atoms with Crippen LogP contribution in [0.1, 0.15) is 48.1 Å². The SMILES string of the molecule is CCOC1(C(O)c2cc(C)c(C)cc2C)CCOCC1. The molecule has 20 heavy (non-hydrogen) atoms. The van der Waals surface area contributed by atoms with Crippen molar-refractivity contribution in [3.8, 4) is 0 Å². The first-order valence-electron chi connectivity index (χ1n) is 7.47. The van der Waals surface area contributed by atoms with E-state index in [1.165, 1.54) is 11.1 Å². The number of hydrogen-bond donors (Lipinski definition) is 1. The number of ether oxygens (including phenoxy) is 2. The van der Waals surface area contributed by atoms with Crippen molar-refractivity contribution >= 4 is 0 Å². The van der Waals surface area contributed by atoms with E-state index in [0.717, 1.165) is 24.0 Å². The molecule has 1 aromatic rings. The highest BCUT2D eigenvalue weighted by Gasteiger charge is 2.41. The molecule has 3 nitrogen and oxygen atoms in total. The van der Waals surface area contributed by atoms with Crippen molar-refractivity contribution in [2.45, 2.75) is 52.2 Å². The Bertz CT molecular complexity index is 456. The summed E-state index contributed by atoms with van der Waals surface area (Å²) < 4.78 is 11.4. The molecule has 1 unspecified atom stereocenters. The molecule has 112 valence electrons. The maximum absolute atomic E-state index is 10.9. The Balaban J connectivity index is 2.36. The molecule has 0 bridgehead atoms. The molecular formula is C17H26O3. The van der Waals surface area contributed by atoms with Crippen LogP contribution in [0.2, 0.25) is 0 Å². The smallest absolute Gasteiger partial charge is 0.108 e. The highest BCUT2D eigenvalue weighted by Crippen LogP contribution is 2.39. The number of hydrogen-bond acceptors (Lipinski definition) is 3. The van der Waals surface area contributed by atoms with E-state index < -0.39 is 11.7 Å². The van der Waals surface area contributed by atoms with Gasteiger partial charge in [0.25, 0.3) is 0 Å². The van der Waals surface area contributed by atoms with Gasteiger partial charge in [-0.15, -0.1) is 0 Å². The molecule has 1 aromatic carbocycles. The molecule has 1 N–H and O–H groups in total. The predicted molar refractivity (Wildman–Crippen MR) is 80.0 cm³/mol. The van der Waals surface area contributed by atoms with Gasteiger partial charge in [0.15, 0.2) is 0 Å². The Morgan fingerprint density at radius 2 is 1.75 bits per heavy atom. The molecule has 0 spiro atoms. The lowest BCUT2D eigenvalue weighted by Crippen LogP contribution is -2.45. The minimum absolute atomic E-state index is 0.501. The van der Waals surface area contributed by atoms with Crippen molar-refractivity contribution in [1.29, 1.82) is 0 Å². The number of rotatable bonds is 4. The monoisotopic (exact) mass is 278 g/mol. The van der Waals surface area contributed by atoms with Crippen molar-refractivity contribution in [3.05, 3.63) is 34.4 Å². The van der Waals surface area contributed by atoms with Crippen LogP contribution in [0.3, 0.4) is 0 Å². The zero-order valence-corrected chi connectivity index (χ0v) is 13.0. The Hall–Kier alpha value is -0.900. The van der Waals surface area contributed by atoms with Crippen LogP contribution in [0, 0.1) is 20.8 Å². The van der Waals surface area contributed by atoms with E-state index in [1.807, 2.05) is 6.92 Å². The van der Waals surface area contributed by atoms with Crippen molar-refractivity contribution in [1.82, 2.24) is 0 Å². The Labute approximate surface area is 121 Å². The molecule has 1 saturated heterocycles. The summed E-state index contributed by atoms with van der Waals surface area (Å²) in [6.07, 6.45) is 0.897. The van der Waals surface area contributed by atoms with Gasteiger partial charge in [0, 0.05) is 32.7 Å².